The van der Waals surface area contributed by atoms with Crippen molar-refractivity contribution in [3.8, 4) is 0 Å². The summed E-state index contributed by atoms with van der Waals surface area (Å²) in [5.74, 6) is 0. The third-order valence-electron chi connectivity index (χ3n) is 2.30. The zero-order valence-corrected chi connectivity index (χ0v) is 10.8. The molecule has 0 unspecified atom stereocenters. The summed E-state index contributed by atoms with van der Waals surface area (Å²) in [4.78, 5) is 0. The minimum absolute atomic E-state index is 0. The van der Waals surface area contributed by atoms with Gasteiger partial charge in [-0.3, -0.25) is 0 Å². The van der Waals surface area contributed by atoms with Crippen LogP contribution in [0.4, 0.5) is 0 Å². The van der Waals surface area contributed by atoms with E-state index >= 15 is 0 Å². The summed E-state index contributed by atoms with van der Waals surface area (Å²) in [7, 11) is 0. The minimum Gasteiger partial charge on any atom is -0.358 e. The Morgan fingerprint density at radius 1 is 0.846 bits per heavy atom. The van der Waals surface area contributed by atoms with Gasteiger partial charge >= 0.3 is 0 Å². The summed E-state index contributed by atoms with van der Waals surface area (Å²) in [5.41, 5.74) is 0. The Hall–Kier alpha value is -1.04. The normalized spacial score (nSPS) is 20.3. The van der Waals surface area contributed by atoms with Crippen molar-refractivity contribution in [1.29, 1.82) is 0 Å². The van der Waals surface area contributed by atoms with Crippen molar-refractivity contribution in [2.24, 2.45) is 0 Å². The van der Waals surface area contributed by atoms with Gasteiger partial charge < -0.3 is 19.2 Å². The van der Waals surface area contributed by atoms with E-state index in [1.54, 1.807) is 0 Å². The molecule has 2 heteroatoms. The number of hydrogen-bond acceptors (Lipinski definition) is 1. The molecule has 13 heavy (non-hydrogen) atoms. The maximum Gasteiger partial charge on any atom is 0 e. The minimum atomic E-state index is 0. The molecular weight excluding hydrogens is 408 g/mol. The van der Waals surface area contributed by atoms with Crippen molar-refractivity contribution in [2.75, 3.05) is 13.1 Å². The van der Waals surface area contributed by atoms with Crippen LogP contribution in [-0.4, -0.2) is 13.1 Å². The molecular formula is C11H23LrN-2. The molecule has 0 bridgehead atoms. The van der Waals surface area contributed by atoms with Crippen molar-refractivity contribution in [3.05, 3.63) is 13.8 Å². The quantitative estimate of drug-likeness (QED) is 0.582. The first-order valence-electron chi connectivity index (χ1n) is 5.02. The summed E-state index contributed by atoms with van der Waals surface area (Å²) in [6.07, 6.45) is 12.2. The van der Waals surface area contributed by atoms with E-state index in [0.717, 1.165) is 6.54 Å². The van der Waals surface area contributed by atoms with E-state index in [2.05, 4.69) is 11.7 Å². The summed E-state index contributed by atoms with van der Waals surface area (Å²) in [5, 5.41) is 3.43. The Bertz CT molecular complexity index is 48.1. The van der Waals surface area contributed by atoms with E-state index in [1.165, 1.54) is 51.5 Å². The van der Waals surface area contributed by atoms with Crippen LogP contribution in [0.15, 0.2) is 0 Å². The Morgan fingerprint density at radius 2 is 1.46 bits per heavy atom. The molecule has 0 atom stereocenters. The Balaban J connectivity index is 0. The van der Waals surface area contributed by atoms with Gasteiger partial charge in [0.15, 0.2) is 0 Å². The van der Waals surface area contributed by atoms with Gasteiger partial charge in [0.05, 0.1) is 0 Å². The van der Waals surface area contributed by atoms with Crippen LogP contribution < -0.4 is 5.32 Å². The van der Waals surface area contributed by atoms with Crippen LogP contribution in [0.25, 0.3) is 0 Å². The van der Waals surface area contributed by atoms with E-state index < -0.39 is 0 Å². The summed E-state index contributed by atoms with van der Waals surface area (Å²) in [6, 6.07) is 0. The molecule has 0 saturated carbocycles. The predicted octanol–water partition coefficient (Wildman–Crippen LogP) is 2.97. The van der Waals surface area contributed by atoms with Crippen molar-refractivity contribution >= 4 is 0 Å². The third kappa shape index (κ3) is 8.87. The molecule has 1 heterocycles. The van der Waals surface area contributed by atoms with Gasteiger partial charge in [0.25, 0.3) is 0 Å². The largest absolute Gasteiger partial charge is 0.358 e. The second-order valence-corrected chi connectivity index (χ2v) is 3.40. The van der Waals surface area contributed by atoms with Crippen molar-refractivity contribution in [1.82, 2.24) is 5.32 Å². The van der Waals surface area contributed by atoms with Gasteiger partial charge in [0.2, 0.25) is 0 Å². The van der Waals surface area contributed by atoms with E-state index in [0.29, 0.717) is 0 Å². The van der Waals surface area contributed by atoms with Crippen molar-refractivity contribution in [2.45, 2.75) is 44.9 Å². The monoisotopic (exact) mass is 431 g/mol. The molecule has 1 saturated heterocycles. The van der Waals surface area contributed by atoms with Gasteiger partial charge in [0, 0.05) is 0 Å². The molecule has 0 aromatic heterocycles. The Morgan fingerprint density at radius 3 is 2.23 bits per heavy atom. The molecule has 1 radical (unpaired) electrons. The SMILES string of the molecule is [CH-]1CCCCCCCCNC1.[CH3-].[Lr]. The molecule has 1 fully saturated rings. The van der Waals surface area contributed by atoms with E-state index in [9.17, 15) is 0 Å². The molecule has 0 amide bonds. The summed E-state index contributed by atoms with van der Waals surface area (Å²) < 4.78 is 0. The number of nitrogens with one attached hydrogen (secondary N) is 1. The Labute approximate surface area is 77.9 Å². The third-order valence-corrected chi connectivity index (χ3v) is 2.30. The van der Waals surface area contributed by atoms with Crippen LogP contribution >= 0.6 is 0 Å². The van der Waals surface area contributed by atoms with E-state index in [-0.39, 0.29) is 7.43 Å². The Kier molecular flexibility index (Phi) is 12.2. The fourth-order valence-electron chi connectivity index (χ4n) is 1.55. The van der Waals surface area contributed by atoms with Crippen LogP contribution in [0.3, 0.4) is 0 Å². The first-order chi connectivity index (χ1) is 5.50. The van der Waals surface area contributed by atoms with Crippen LogP contribution in [0.1, 0.15) is 44.9 Å². The molecule has 1 aliphatic rings. The van der Waals surface area contributed by atoms with Crippen molar-refractivity contribution < 1.29 is 0 Å². The number of hydrogen-bond donors (Lipinski definition) is 1. The summed E-state index contributed by atoms with van der Waals surface area (Å²) in [6.45, 7) is 2.34. The van der Waals surface area contributed by atoms with E-state index in [1.807, 2.05) is 0 Å². The molecule has 89 valence electrons. The summed E-state index contributed by atoms with van der Waals surface area (Å²) >= 11 is 0. The van der Waals surface area contributed by atoms with Gasteiger partial charge in [-0.2, -0.15) is 6.42 Å². The molecule has 1 aliphatic heterocycles. The van der Waals surface area contributed by atoms with Gasteiger partial charge in [-0.05, 0) is 13.0 Å². The average molecular weight is 431 g/mol. The van der Waals surface area contributed by atoms with Gasteiger partial charge in [-0.25, -0.2) is 0 Å². The topological polar surface area (TPSA) is 12.0 Å². The van der Waals surface area contributed by atoms with Crippen LogP contribution in [-0.2, 0) is 0 Å². The molecule has 1 rings (SSSR count). The molecule has 1 N–H and O–H groups in total. The average Bonchev–Trinajstić information content (AvgIpc) is 2.08. The van der Waals surface area contributed by atoms with Gasteiger partial charge in [-0.15, -0.1) is 6.54 Å². The van der Waals surface area contributed by atoms with Gasteiger partial charge in [0.1, 0.15) is 0 Å². The second kappa shape index (κ2) is 11.0. The molecule has 0 aliphatic carbocycles. The number of rotatable bonds is 0. The fourth-order valence-corrected chi connectivity index (χ4v) is 1.55. The van der Waals surface area contributed by atoms with Crippen LogP contribution in [0.2, 0.25) is 0 Å². The van der Waals surface area contributed by atoms with E-state index in [4.69, 9.17) is 0 Å². The first-order valence-corrected chi connectivity index (χ1v) is 5.02. The molecule has 0 spiro atoms. The second-order valence-electron chi connectivity index (χ2n) is 3.40. The zero-order chi connectivity index (χ0) is 7.78. The molecule has 0 aromatic carbocycles. The fraction of sp³-hybridized carbons (Fsp3) is 0.818. The predicted molar refractivity (Wildman–Crippen MR) is 55.9 cm³/mol. The smallest absolute Gasteiger partial charge is 0 e. The molecule has 1 nitrogen and oxygen atoms in total. The van der Waals surface area contributed by atoms with Crippen molar-refractivity contribution in [3.63, 3.8) is 0 Å². The maximum atomic E-state index is 3.43. The van der Waals surface area contributed by atoms with Crippen LogP contribution in [0, 0.1) is 13.8 Å². The first kappa shape index (κ1) is 14.5. The van der Waals surface area contributed by atoms with Gasteiger partial charge in [-0.1, -0.05) is 32.1 Å². The standard InChI is InChI=1S/C10H20N.CH3.Lr/c1-2-4-6-8-10-11-9-7-5-3-1;;/h7,11H,1-6,8-10H2;1H3;/q2*-1;. The molecule has 0 aromatic rings. The maximum absolute atomic E-state index is 3.43. The van der Waals surface area contributed by atoms with Crippen LogP contribution in [0.5, 0.6) is 0 Å². The zero-order valence-electron chi connectivity index (χ0n) is 8.70.